The number of aromatic nitrogens is 2. The second kappa shape index (κ2) is 7.44. The Morgan fingerprint density at radius 2 is 2.16 bits per heavy atom. The molecule has 2 N–H and O–H groups in total. The summed E-state index contributed by atoms with van der Waals surface area (Å²) < 4.78 is 27.3. The minimum atomic E-state index is -3.15. The zero-order valence-corrected chi connectivity index (χ0v) is 13.3. The van der Waals surface area contributed by atoms with E-state index in [0.29, 0.717) is 0 Å². The summed E-state index contributed by atoms with van der Waals surface area (Å²) in [4.78, 5) is 0. The predicted molar refractivity (Wildman–Crippen MR) is 79.7 cm³/mol. The van der Waals surface area contributed by atoms with E-state index in [9.17, 15) is 8.42 Å². The molecular weight excluding hydrogens is 311 g/mol. The minimum absolute atomic E-state index is 0. The van der Waals surface area contributed by atoms with Crippen LogP contribution in [-0.4, -0.2) is 44.1 Å². The van der Waals surface area contributed by atoms with Gasteiger partial charge in [-0.1, -0.05) is 0 Å². The maximum Gasteiger partial charge on any atom is 0.211 e. The third-order valence-corrected chi connectivity index (χ3v) is 4.73. The second-order valence-corrected chi connectivity index (χ2v) is 6.43. The summed E-state index contributed by atoms with van der Waals surface area (Å²) in [6.45, 7) is 1.55. The third-order valence-electron chi connectivity index (χ3n) is 3.24. The molecule has 1 fully saturated rings. The van der Waals surface area contributed by atoms with Crippen molar-refractivity contribution in [2.24, 2.45) is 13.0 Å². The fourth-order valence-corrected chi connectivity index (χ4v) is 3.38. The lowest BCUT2D eigenvalue weighted by atomic mass is 9.92. The monoisotopic (exact) mass is 330 g/mol. The largest absolute Gasteiger partial charge is 0.316 e. The Balaban J connectivity index is 0.00000162. The van der Waals surface area contributed by atoms with Gasteiger partial charge in [-0.25, -0.2) is 13.1 Å². The van der Waals surface area contributed by atoms with Crippen molar-refractivity contribution < 1.29 is 8.42 Å². The van der Waals surface area contributed by atoms with Crippen molar-refractivity contribution in [3.8, 4) is 0 Å². The molecular formula is C10H20Cl2N4O2S. The second-order valence-electron chi connectivity index (χ2n) is 4.46. The quantitative estimate of drug-likeness (QED) is 0.822. The van der Waals surface area contributed by atoms with E-state index in [1.165, 1.54) is 7.05 Å². The number of hydrogen-bond acceptors (Lipinski definition) is 4. The van der Waals surface area contributed by atoms with Crippen molar-refractivity contribution in [1.29, 1.82) is 0 Å². The van der Waals surface area contributed by atoms with Crippen molar-refractivity contribution >= 4 is 34.8 Å². The fourth-order valence-electron chi connectivity index (χ4n) is 2.30. The van der Waals surface area contributed by atoms with Gasteiger partial charge < -0.3 is 5.32 Å². The molecule has 2 unspecified atom stereocenters. The highest BCUT2D eigenvalue weighted by atomic mass is 35.5. The van der Waals surface area contributed by atoms with E-state index >= 15 is 0 Å². The Labute approximate surface area is 126 Å². The van der Waals surface area contributed by atoms with E-state index < -0.39 is 10.0 Å². The van der Waals surface area contributed by atoms with E-state index in [2.05, 4.69) is 15.1 Å². The predicted octanol–water partition coefficient (Wildman–Crippen LogP) is 0.116. The molecule has 2 rings (SSSR count). The Morgan fingerprint density at radius 3 is 2.68 bits per heavy atom. The van der Waals surface area contributed by atoms with Gasteiger partial charge in [-0.2, -0.15) is 5.10 Å². The first-order valence-corrected chi connectivity index (χ1v) is 7.27. The number of hydrogen-bond donors (Lipinski definition) is 2. The highest BCUT2D eigenvalue weighted by molar-refractivity contribution is 7.89. The van der Waals surface area contributed by atoms with Crippen LogP contribution in [0.4, 0.5) is 0 Å². The molecule has 6 nitrogen and oxygen atoms in total. The molecule has 9 heteroatoms. The van der Waals surface area contributed by atoms with Crippen molar-refractivity contribution in [3.63, 3.8) is 0 Å². The van der Waals surface area contributed by atoms with E-state index in [0.717, 1.165) is 18.7 Å². The van der Waals surface area contributed by atoms with Crippen LogP contribution in [0.5, 0.6) is 0 Å². The van der Waals surface area contributed by atoms with Gasteiger partial charge in [0.1, 0.15) is 0 Å². The molecule has 0 radical (unpaired) electrons. The van der Waals surface area contributed by atoms with Gasteiger partial charge in [-0.05, 0) is 25.1 Å². The molecule has 2 atom stereocenters. The van der Waals surface area contributed by atoms with Gasteiger partial charge in [0.05, 0.1) is 11.9 Å². The highest BCUT2D eigenvalue weighted by Gasteiger charge is 2.32. The number of nitrogens with one attached hydrogen (secondary N) is 2. The number of sulfonamides is 1. The van der Waals surface area contributed by atoms with Crippen molar-refractivity contribution in [1.82, 2.24) is 19.8 Å². The molecule has 1 aromatic heterocycles. The van der Waals surface area contributed by atoms with E-state index in [1.807, 2.05) is 19.4 Å². The van der Waals surface area contributed by atoms with Gasteiger partial charge in [0, 0.05) is 25.7 Å². The van der Waals surface area contributed by atoms with Crippen LogP contribution in [0.1, 0.15) is 11.5 Å². The summed E-state index contributed by atoms with van der Waals surface area (Å²) in [5, 5.41) is 7.38. The van der Waals surface area contributed by atoms with Crippen molar-refractivity contribution in [2.45, 2.75) is 5.92 Å². The van der Waals surface area contributed by atoms with Crippen LogP contribution >= 0.6 is 24.8 Å². The van der Waals surface area contributed by atoms with E-state index in [4.69, 9.17) is 0 Å². The Morgan fingerprint density at radius 1 is 1.47 bits per heavy atom. The lowest BCUT2D eigenvalue weighted by Crippen LogP contribution is -2.29. The molecule has 112 valence electrons. The van der Waals surface area contributed by atoms with Crippen LogP contribution in [0.3, 0.4) is 0 Å². The molecule has 2 heterocycles. The lowest BCUT2D eigenvalue weighted by Gasteiger charge is -2.16. The standard InChI is InChI=1S/C10H18N4O2S.2ClH/c1-11-17(15,16)7-9-3-12-5-10(9)8-4-13-14(2)6-8;;/h4,6,9-12H,3,5,7H2,1-2H3;2*1H. The number of rotatable bonds is 4. The average molecular weight is 331 g/mol. The zero-order chi connectivity index (χ0) is 12.5. The smallest absolute Gasteiger partial charge is 0.211 e. The summed E-state index contributed by atoms with van der Waals surface area (Å²) in [6, 6.07) is 0. The molecule has 0 bridgehead atoms. The molecule has 1 aromatic rings. The lowest BCUT2D eigenvalue weighted by molar-refractivity contribution is 0.536. The Bertz CT molecular complexity index is 491. The molecule has 1 aliphatic rings. The summed E-state index contributed by atoms with van der Waals surface area (Å²) >= 11 is 0. The third kappa shape index (κ3) is 4.61. The highest BCUT2D eigenvalue weighted by Crippen LogP contribution is 2.28. The van der Waals surface area contributed by atoms with Crippen LogP contribution in [-0.2, 0) is 17.1 Å². The number of halogens is 2. The Hall–Kier alpha value is -0.340. The van der Waals surface area contributed by atoms with Crippen LogP contribution in [0.25, 0.3) is 0 Å². The van der Waals surface area contributed by atoms with Gasteiger partial charge in [0.15, 0.2) is 0 Å². The van der Waals surface area contributed by atoms with Crippen LogP contribution in [0, 0.1) is 5.92 Å². The van der Waals surface area contributed by atoms with Gasteiger partial charge in [0.2, 0.25) is 10.0 Å². The van der Waals surface area contributed by atoms with E-state index in [1.54, 1.807) is 4.68 Å². The molecule has 1 saturated heterocycles. The van der Waals surface area contributed by atoms with Crippen LogP contribution in [0.15, 0.2) is 12.4 Å². The van der Waals surface area contributed by atoms with Crippen molar-refractivity contribution in [2.75, 3.05) is 25.9 Å². The summed E-state index contributed by atoms with van der Waals surface area (Å²) in [6.07, 6.45) is 3.77. The SMILES string of the molecule is CNS(=O)(=O)CC1CNCC1c1cnn(C)c1.Cl.Cl. The Kier molecular flexibility index (Phi) is 7.31. The maximum atomic E-state index is 11.6. The molecule has 0 spiro atoms. The van der Waals surface area contributed by atoms with Gasteiger partial charge >= 0.3 is 0 Å². The van der Waals surface area contributed by atoms with Crippen LogP contribution in [0.2, 0.25) is 0 Å². The molecule has 0 aromatic carbocycles. The van der Waals surface area contributed by atoms with Gasteiger partial charge in [-0.3, -0.25) is 4.68 Å². The molecule has 0 aliphatic carbocycles. The van der Waals surface area contributed by atoms with Gasteiger partial charge in [-0.15, -0.1) is 24.8 Å². The number of nitrogens with zero attached hydrogens (tertiary/aromatic N) is 2. The maximum absolute atomic E-state index is 11.6. The first-order valence-electron chi connectivity index (χ1n) is 5.62. The molecule has 0 amide bonds. The number of aryl methyl sites for hydroxylation is 1. The summed E-state index contributed by atoms with van der Waals surface area (Å²) in [5.41, 5.74) is 1.11. The van der Waals surface area contributed by atoms with Crippen LogP contribution < -0.4 is 10.0 Å². The normalized spacial score (nSPS) is 22.6. The first-order chi connectivity index (χ1) is 8.02. The van der Waals surface area contributed by atoms with Crippen molar-refractivity contribution in [3.05, 3.63) is 18.0 Å². The molecule has 19 heavy (non-hydrogen) atoms. The topological polar surface area (TPSA) is 76.0 Å². The minimum Gasteiger partial charge on any atom is -0.316 e. The zero-order valence-electron chi connectivity index (χ0n) is 10.9. The molecule has 1 aliphatic heterocycles. The molecule has 0 saturated carbocycles. The first kappa shape index (κ1) is 18.7. The summed E-state index contributed by atoms with van der Waals surface area (Å²) in [7, 11) is 0.167. The fraction of sp³-hybridized carbons (Fsp3) is 0.700. The van der Waals surface area contributed by atoms with Gasteiger partial charge in [0.25, 0.3) is 0 Å². The average Bonchev–Trinajstić information content (AvgIpc) is 2.86. The summed E-state index contributed by atoms with van der Waals surface area (Å²) in [5.74, 6) is 0.499. The van der Waals surface area contributed by atoms with E-state index in [-0.39, 0.29) is 42.4 Å².